The molecule has 12 heteroatoms. The second-order valence-electron chi connectivity index (χ2n) is 8.07. The van der Waals surface area contributed by atoms with Crippen LogP contribution in [0.3, 0.4) is 0 Å². The largest absolute Gasteiger partial charge is 0.442 e. The topological polar surface area (TPSA) is 132 Å². The third-order valence-corrected chi connectivity index (χ3v) is 5.62. The normalized spacial score (nSPS) is 15.6. The van der Waals surface area contributed by atoms with Gasteiger partial charge in [0.05, 0.1) is 5.92 Å². The van der Waals surface area contributed by atoms with Crippen LogP contribution in [0.4, 0.5) is 13.2 Å². The summed E-state index contributed by atoms with van der Waals surface area (Å²) in [6, 6.07) is 13.3. The SMILES string of the molecule is CNC(=O)[C@H](Cc1ccccc1)NC(=O)[C@@H](CC(=O)NO)Cc1ccc(C2(C(F)(F)F)N=N2)cc1. The Morgan fingerprint density at radius 2 is 1.54 bits per heavy atom. The third-order valence-electron chi connectivity index (χ3n) is 5.62. The number of amides is 3. The summed E-state index contributed by atoms with van der Waals surface area (Å²) in [5.74, 6) is -2.90. The van der Waals surface area contributed by atoms with Crippen LogP contribution in [-0.2, 0) is 32.9 Å². The van der Waals surface area contributed by atoms with Crippen molar-refractivity contribution in [1.82, 2.24) is 16.1 Å². The Morgan fingerprint density at radius 1 is 0.943 bits per heavy atom. The molecule has 0 unspecified atom stereocenters. The van der Waals surface area contributed by atoms with E-state index in [0.717, 1.165) is 5.56 Å². The van der Waals surface area contributed by atoms with Gasteiger partial charge in [-0.1, -0.05) is 54.6 Å². The molecular weight excluding hydrogens is 467 g/mol. The second kappa shape index (κ2) is 10.6. The van der Waals surface area contributed by atoms with Crippen molar-refractivity contribution in [2.45, 2.75) is 37.1 Å². The zero-order valence-corrected chi connectivity index (χ0v) is 18.7. The lowest BCUT2D eigenvalue weighted by Crippen LogP contribution is -2.49. The molecule has 0 saturated heterocycles. The van der Waals surface area contributed by atoms with Crippen molar-refractivity contribution in [1.29, 1.82) is 0 Å². The van der Waals surface area contributed by atoms with Crippen molar-refractivity contribution in [3.63, 3.8) is 0 Å². The number of nitrogens with zero attached hydrogens (tertiary/aromatic N) is 2. The number of nitrogens with one attached hydrogen (secondary N) is 3. The van der Waals surface area contributed by atoms with E-state index in [9.17, 15) is 27.6 Å². The summed E-state index contributed by atoms with van der Waals surface area (Å²) in [5.41, 5.74) is 0.0207. The van der Waals surface area contributed by atoms with Crippen LogP contribution < -0.4 is 16.1 Å². The van der Waals surface area contributed by atoms with Crippen LogP contribution in [0.15, 0.2) is 64.8 Å². The van der Waals surface area contributed by atoms with Crippen molar-refractivity contribution < 1.29 is 32.8 Å². The molecule has 3 rings (SSSR count). The van der Waals surface area contributed by atoms with Gasteiger partial charge >= 0.3 is 11.8 Å². The quantitative estimate of drug-likeness (QED) is 0.300. The van der Waals surface area contributed by atoms with Gasteiger partial charge in [0, 0.05) is 25.5 Å². The standard InChI is InChI=1S/C23H24F3N5O4/c1-27-21(34)18(12-14-5-3-2-4-6-14)28-20(33)16(13-19(32)29-35)11-15-7-9-17(10-8-15)22(30-31-22)23(24,25)26/h2-10,16,18,35H,11-13H2,1H3,(H,27,34)(H,28,33)(H,29,32)/t16-,18+/m1/s1. The van der Waals surface area contributed by atoms with Crippen molar-refractivity contribution in [2.24, 2.45) is 16.1 Å². The fraction of sp³-hybridized carbons (Fsp3) is 0.348. The number of carbonyl (C=O) groups excluding carboxylic acids is 3. The first-order valence-electron chi connectivity index (χ1n) is 10.7. The third kappa shape index (κ3) is 6.21. The molecule has 0 radical (unpaired) electrons. The smallest absolute Gasteiger partial charge is 0.357 e. The molecule has 0 bridgehead atoms. The fourth-order valence-electron chi connectivity index (χ4n) is 3.65. The summed E-state index contributed by atoms with van der Waals surface area (Å²) in [6.45, 7) is 0. The van der Waals surface area contributed by atoms with Crippen LogP contribution in [0.1, 0.15) is 23.1 Å². The molecule has 0 fully saturated rings. The maximum atomic E-state index is 13.2. The fourth-order valence-corrected chi connectivity index (χ4v) is 3.65. The van der Waals surface area contributed by atoms with Gasteiger partial charge in [0.2, 0.25) is 17.7 Å². The number of carbonyl (C=O) groups is 3. The number of benzene rings is 2. The van der Waals surface area contributed by atoms with Crippen molar-refractivity contribution in [3.8, 4) is 0 Å². The lowest BCUT2D eigenvalue weighted by atomic mass is 9.92. The highest BCUT2D eigenvalue weighted by Gasteiger charge is 2.65. The number of hydrogen-bond donors (Lipinski definition) is 4. The highest BCUT2D eigenvalue weighted by molar-refractivity contribution is 5.90. The minimum Gasteiger partial charge on any atom is -0.357 e. The Morgan fingerprint density at radius 3 is 2.06 bits per heavy atom. The van der Waals surface area contributed by atoms with Crippen molar-refractivity contribution >= 4 is 17.7 Å². The van der Waals surface area contributed by atoms with Gasteiger partial charge in [0.15, 0.2) is 0 Å². The van der Waals surface area contributed by atoms with E-state index < -0.39 is 47.9 Å². The molecule has 0 saturated carbocycles. The highest BCUT2D eigenvalue weighted by Crippen LogP contribution is 2.52. The van der Waals surface area contributed by atoms with Crippen LogP contribution in [-0.4, -0.2) is 42.2 Å². The molecule has 2 atom stereocenters. The van der Waals surface area contributed by atoms with Crippen molar-refractivity contribution in [2.75, 3.05) is 7.05 Å². The summed E-state index contributed by atoms with van der Waals surface area (Å²) in [5, 5.41) is 20.4. The summed E-state index contributed by atoms with van der Waals surface area (Å²) in [7, 11) is 1.43. The Balaban J connectivity index is 1.75. The molecule has 4 N–H and O–H groups in total. The molecular formula is C23H24F3N5O4. The predicted octanol–water partition coefficient (Wildman–Crippen LogP) is 2.40. The van der Waals surface area contributed by atoms with Crippen LogP contribution in [0.2, 0.25) is 0 Å². The average Bonchev–Trinajstić information content (AvgIpc) is 3.66. The van der Waals surface area contributed by atoms with Crippen molar-refractivity contribution in [3.05, 3.63) is 71.3 Å². The van der Waals surface area contributed by atoms with E-state index in [-0.39, 0.29) is 18.4 Å². The first kappa shape index (κ1) is 25.8. The van der Waals surface area contributed by atoms with E-state index >= 15 is 0 Å². The Labute approximate surface area is 198 Å². The van der Waals surface area contributed by atoms with E-state index in [1.165, 1.54) is 36.8 Å². The molecule has 1 heterocycles. The first-order chi connectivity index (χ1) is 16.6. The molecule has 0 aliphatic carbocycles. The second-order valence-corrected chi connectivity index (χ2v) is 8.07. The van der Waals surface area contributed by atoms with Gasteiger partial charge in [-0.2, -0.15) is 13.2 Å². The van der Waals surface area contributed by atoms with Crippen LogP contribution in [0.5, 0.6) is 0 Å². The van der Waals surface area contributed by atoms with E-state index in [2.05, 4.69) is 20.9 Å². The monoisotopic (exact) mass is 491 g/mol. The molecule has 35 heavy (non-hydrogen) atoms. The molecule has 2 aromatic rings. The number of hydrogen-bond acceptors (Lipinski definition) is 6. The number of likely N-dealkylation sites (N-methyl/N-ethyl adjacent to an activating group) is 1. The van der Waals surface area contributed by atoms with E-state index in [0.29, 0.717) is 5.56 Å². The van der Waals surface area contributed by atoms with E-state index in [1.807, 2.05) is 6.07 Å². The lowest BCUT2D eigenvalue weighted by Gasteiger charge is -2.22. The Hall–Kier alpha value is -3.80. The molecule has 9 nitrogen and oxygen atoms in total. The van der Waals surface area contributed by atoms with Gasteiger partial charge in [0.1, 0.15) is 6.04 Å². The summed E-state index contributed by atoms with van der Waals surface area (Å²) >= 11 is 0. The minimum atomic E-state index is -4.66. The van der Waals surface area contributed by atoms with Gasteiger partial charge in [-0.25, -0.2) is 5.48 Å². The summed E-state index contributed by atoms with van der Waals surface area (Å²) < 4.78 is 39.6. The van der Waals surface area contributed by atoms with Gasteiger partial charge < -0.3 is 10.6 Å². The van der Waals surface area contributed by atoms with E-state index in [4.69, 9.17) is 5.21 Å². The van der Waals surface area contributed by atoms with Gasteiger partial charge in [-0.05, 0) is 17.5 Å². The lowest BCUT2D eigenvalue weighted by molar-refractivity contribution is -0.166. The molecule has 3 amide bonds. The van der Waals surface area contributed by atoms with Gasteiger partial charge in [-0.15, -0.1) is 10.2 Å². The predicted molar refractivity (Wildman–Crippen MR) is 117 cm³/mol. The van der Waals surface area contributed by atoms with Gasteiger partial charge in [-0.3, -0.25) is 19.6 Å². The molecule has 1 aliphatic heterocycles. The minimum absolute atomic E-state index is 0.0291. The van der Waals surface area contributed by atoms with E-state index in [1.54, 1.807) is 24.3 Å². The highest BCUT2D eigenvalue weighted by atomic mass is 19.4. The number of halogens is 3. The molecule has 186 valence electrons. The van der Waals surface area contributed by atoms with Gasteiger partial charge in [0.25, 0.3) is 0 Å². The first-order valence-corrected chi connectivity index (χ1v) is 10.7. The Kier molecular flexibility index (Phi) is 7.85. The van der Waals surface area contributed by atoms with Crippen LogP contribution >= 0.6 is 0 Å². The molecule has 0 spiro atoms. The Bertz CT molecular complexity index is 1080. The summed E-state index contributed by atoms with van der Waals surface area (Å²) in [6.07, 6.45) is -4.90. The number of rotatable bonds is 10. The zero-order chi connectivity index (χ0) is 25.6. The molecule has 1 aliphatic rings. The molecule has 0 aromatic heterocycles. The maximum Gasteiger partial charge on any atom is 0.442 e. The molecule has 2 aromatic carbocycles. The number of alkyl halides is 3. The number of hydroxylamine groups is 1. The summed E-state index contributed by atoms with van der Waals surface area (Å²) in [4.78, 5) is 37.2. The van der Waals surface area contributed by atoms with Crippen LogP contribution in [0, 0.1) is 5.92 Å². The maximum absolute atomic E-state index is 13.2. The van der Waals surface area contributed by atoms with Crippen LogP contribution in [0.25, 0.3) is 0 Å². The zero-order valence-electron chi connectivity index (χ0n) is 18.7. The average molecular weight is 491 g/mol.